The maximum atomic E-state index is 13.2. The summed E-state index contributed by atoms with van der Waals surface area (Å²) in [7, 11) is 0. The van der Waals surface area contributed by atoms with Crippen LogP contribution < -0.4 is 0 Å². The molecule has 2 aromatic heterocycles. The Hall–Kier alpha value is -2.37. The first-order valence-corrected chi connectivity index (χ1v) is 9.45. The molecule has 0 fully saturated rings. The molecule has 0 spiro atoms. The number of halogens is 2. The molecule has 2 aromatic carbocycles. The SMILES string of the molecule is O=C(c1ccoc1-c1ccccc1Br)c1ccoc1-c1ccccc1Br. The molecule has 0 aliphatic carbocycles. The average molecular weight is 472 g/mol. The van der Waals surface area contributed by atoms with Gasteiger partial charge in [0.25, 0.3) is 0 Å². The van der Waals surface area contributed by atoms with Crippen LogP contribution in [0.2, 0.25) is 0 Å². The second-order valence-corrected chi connectivity index (χ2v) is 7.32. The highest BCUT2D eigenvalue weighted by Crippen LogP contribution is 2.36. The highest BCUT2D eigenvalue weighted by atomic mass is 79.9. The Labute approximate surface area is 166 Å². The van der Waals surface area contributed by atoms with Crippen molar-refractivity contribution < 1.29 is 13.6 Å². The molecule has 0 saturated carbocycles. The lowest BCUT2D eigenvalue weighted by Crippen LogP contribution is -2.02. The van der Waals surface area contributed by atoms with Gasteiger partial charge in [0.15, 0.2) is 0 Å². The standard InChI is InChI=1S/C21H12Br2O3/c22-17-7-3-1-5-13(17)20-15(9-11-25-20)19(24)16-10-12-26-21(16)14-6-2-4-8-18(14)23/h1-12H. The molecule has 0 atom stereocenters. The minimum absolute atomic E-state index is 0.149. The van der Waals surface area contributed by atoms with Crippen LogP contribution in [0, 0.1) is 0 Å². The molecule has 0 N–H and O–H groups in total. The van der Waals surface area contributed by atoms with Crippen molar-refractivity contribution in [1.29, 1.82) is 0 Å². The number of furan rings is 2. The van der Waals surface area contributed by atoms with E-state index in [9.17, 15) is 4.79 Å². The van der Waals surface area contributed by atoms with E-state index in [4.69, 9.17) is 8.83 Å². The van der Waals surface area contributed by atoms with Gasteiger partial charge in [0.1, 0.15) is 11.5 Å². The van der Waals surface area contributed by atoms with E-state index in [0.29, 0.717) is 22.6 Å². The predicted molar refractivity (Wildman–Crippen MR) is 107 cm³/mol. The third-order valence-corrected chi connectivity index (χ3v) is 5.44. The quantitative estimate of drug-likeness (QED) is 0.302. The first-order chi connectivity index (χ1) is 12.7. The fourth-order valence-corrected chi connectivity index (χ4v) is 3.76. The molecule has 0 bridgehead atoms. The van der Waals surface area contributed by atoms with Crippen molar-refractivity contribution in [1.82, 2.24) is 0 Å². The van der Waals surface area contributed by atoms with E-state index in [0.717, 1.165) is 20.1 Å². The summed E-state index contributed by atoms with van der Waals surface area (Å²) in [5.41, 5.74) is 2.64. The number of benzene rings is 2. The van der Waals surface area contributed by atoms with Crippen molar-refractivity contribution in [2.75, 3.05) is 0 Å². The Morgan fingerprint density at radius 2 is 1.08 bits per heavy atom. The van der Waals surface area contributed by atoms with Crippen LogP contribution in [0.3, 0.4) is 0 Å². The summed E-state index contributed by atoms with van der Waals surface area (Å²) >= 11 is 7.03. The molecule has 0 amide bonds. The van der Waals surface area contributed by atoms with Crippen LogP contribution >= 0.6 is 31.9 Å². The largest absolute Gasteiger partial charge is 0.464 e. The van der Waals surface area contributed by atoms with Gasteiger partial charge in [-0.1, -0.05) is 68.3 Å². The Morgan fingerprint density at radius 1 is 0.654 bits per heavy atom. The highest BCUT2D eigenvalue weighted by molar-refractivity contribution is 9.11. The molecule has 0 unspecified atom stereocenters. The summed E-state index contributed by atoms with van der Waals surface area (Å²) in [5, 5.41) is 0. The summed E-state index contributed by atoms with van der Waals surface area (Å²) in [6.45, 7) is 0. The average Bonchev–Trinajstić information content (AvgIpc) is 3.31. The molecule has 26 heavy (non-hydrogen) atoms. The van der Waals surface area contributed by atoms with Gasteiger partial charge in [0, 0.05) is 20.1 Å². The topological polar surface area (TPSA) is 43.4 Å². The Balaban J connectivity index is 1.81. The van der Waals surface area contributed by atoms with Crippen LogP contribution in [0.15, 0.2) is 91.0 Å². The highest BCUT2D eigenvalue weighted by Gasteiger charge is 2.24. The Kier molecular flexibility index (Phi) is 4.66. The van der Waals surface area contributed by atoms with E-state index in [2.05, 4.69) is 31.9 Å². The second kappa shape index (κ2) is 7.09. The molecule has 128 valence electrons. The van der Waals surface area contributed by atoms with Crippen molar-refractivity contribution in [2.24, 2.45) is 0 Å². The molecule has 0 radical (unpaired) electrons. The first kappa shape index (κ1) is 17.1. The second-order valence-electron chi connectivity index (χ2n) is 5.62. The summed E-state index contributed by atoms with van der Waals surface area (Å²) in [6.07, 6.45) is 3.06. The van der Waals surface area contributed by atoms with Gasteiger partial charge in [-0.25, -0.2) is 0 Å². The van der Waals surface area contributed by atoms with Crippen LogP contribution in [-0.4, -0.2) is 5.78 Å². The van der Waals surface area contributed by atoms with E-state index >= 15 is 0 Å². The van der Waals surface area contributed by atoms with Gasteiger partial charge in [-0.05, 0) is 24.3 Å². The van der Waals surface area contributed by atoms with Crippen LogP contribution in [0.25, 0.3) is 22.6 Å². The van der Waals surface area contributed by atoms with Crippen LogP contribution in [0.5, 0.6) is 0 Å². The van der Waals surface area contributed by atoms with E-state index in [1.54, 1.807) is 12.1 Å². The molecule has 0 aliphatic heterocycles. The third kappa shape index (κ3) is 2.97. The van der Waals surface area contributed by atoms with Crippen molar-refractivity contribution in [3.8, 4) is 22.6 Å². The van der Waals surface area contributed by atoms with Crippen LogP contribution in [-0.2, 0) is 0 Å². The molecule has 2 heterocycles. The van der Waals surface area contributed by atoms with Gasteiger partial charge in [0.05, 0.1) is 23.7 Å². The van der Waals surface area contributed by atoms with Crippen LogP contribution in [0.1, 0.15) is 15.9 Å². The van der Waals surface area contributed by atoms with E-state index < -0.39 is 0 Å². The van der Waals surface area contributed by atoms with Crippen molar-refractivity contribution in [3.63, 3.8) is 0 Å². The van der Waals surface area contributed by atoms with Crippen molar-refractivity contribution in [3.05, 3.63) is 93.3 Å². The van der Waals surface area contributed by atoms with Crippen molar-refractivity contribution in [2.45, 2.75) is 0 Å². The number of rotatable bonds is 4. The Morgan fingerprint density at radius 3 is 1.50 bits per heavy atom. The molecule has 5 heteroatoms. The van der Waals surface area contributed by atoms with Gasteiger partial charge in [0.2, 0.25) is 5.78 Å². The maximum absolute atomic E-state index is 13.2. The number of ketones is 1. The maximum Gasteiger partial charge on any atom is 0.200 e. The molecule has 4 rings (SSSR count). The molecule has 0 saturated heterocycles. The summed E-state index contributed by atoms with van der Waals surface area (Å²) < 4.78 is 13.0. The van der Waals surface area contributed by atoms with E-state index in [-0.39, 0.29) is 5.78 Å². The number of carbonyl (C=O) groups is 1. The third-order valence-electron chi connectivity index (χ3n) is 4.06. The lowest BCUT2D eigenvalue weighted by Gasteiger charge is -2.06. The Bertz CT molecular complexity index is 1010. The van der Waals surface area contributed by atoms with Crippen molar-refractivity contribution >= 4 is 37.6 Å². The molecular formula is C21H12Br2O3. The zero-order valence-electron chi connectivity index (χ0n) is 13.4. The molecular weight excluding hydrogens is 460 g/mol. The van der Waals surface area contributed by atoms with E-state index in [1.807, 2.05) is 48.5 Å². The van der Waals surface area contributed by atoms with Gasteiger partial charge in [-0.2, -0.15) is 0 Å². The summed E-state index contributed by atoms with van der Waals surface area (Å²) in [6, 6.07) is 18.7. The normalized spacial score (nSPS) is 10.8. The fraction of sp³-hybridized carbons (Fsp3) is 0. The predicted octanol–water partition coefficient (Wildman–Crippen LogP) is 6.96. The zero-order valence-corrected chi connectivity index (χ0v) is 16.6. The lowest BCUT2D eigenvalue weighted by molar-refractivity contribution is 0.103. The lowest BCUT2D eigenvalue weighted by atomic mass is 9.98. The fourth-order valence-electron chi connectivity index (χ4n) is 2.83. The summed E-state index contributed by atoms with van der Waals surface area (Å²) in [5.74, 6) is 0.910. The van der Waals surface area contributed by atoms with Gasteiger partial charge in [-0.15, -0.1) is 0 Å². The molecule has 3 nitrogen and oxygen atoms in total. The van der Waals surface area contributed by atoms with Crippen LogP contribution in [0.4, 0.5) is 0 Å². The first-order valence-electron chi connectivity index (χ1n) is 7.86. The van der Waals surface area contributed by atoms with Gasteiger partial charge >= 0.3 is 0 Å². The van der Waals surface area contributed by atoms with Gasteiger partial charge in [-0.3, -0.25) is 4.79 Å². The smallest absolute Gasteiger partial charge is 0.200 e. The summed E-state index contributed by atoms with van der Waals surface area (Å²) in [4.78, 5) is 13.2. The zero-order chi connectivity index (χ0) is 18.1. The molecule has 0 aliphatic rings. The minimum atomic E-state index is -0.149. The molecule has 4 aromatic rings. The van der Waals surface area contributed by atoms with Gasteiger partial charge < -0.3 is 8.83 Å². The monoisotopic (exact) mass is 470 g/mol. The van der Waals surface area contributed by atoms with E-state index in [1.165, 1.54) is 12.5 Å². The number of hydrogen-bond donors (Lipinski definition) is 0. The number of hydrogen-bond acceptors (Lipinski definition) is 3. The minimum Gasteiger partial charge on any atom is -0.464 e. The number of carbonyl (C=O) groups excluding carboxylic acids is 1.